The van der Waals surface area contributed by atoms with Crippen molar-refractivity contribution >= 4 is 17.4 Å². The molecule has 0 radical (unpaired) electrons. The van der Waals surface area contributed by atoms with Crippen molar-refractivity contribution in [3.05, 3.63) is 95.0 Å². The third-order valence-corrected chi connectivity index (χ3v) is 5.20. The summed E-state index contributed by atoms with van der Waals surface area (Å²) < 4.78 is 10.5. The fourth-order valence-corrected chi connectivity index (χ4v) is 3.61. The molecule has 152 valence electrons. The number of amides is 1. The average molecular weight is 403 g/mol. The minimum atomic E-state index is -0.724. The van der Waals surface area contributed by atoms with Gasteiger partial charge in [-0.2, -0.15) is 0 Å². The number of nitrogens with zero attached hydrogens (tertiary/aromatic N) is 1. The molecule has 1 aromatic heterocycles. The van der Waals surface area contributed by atoms with E-state index in [9.17, 15) is 14.7 Å². The zero-order valence-electron chi connectivity index (χ0n) is 16.7. The highest BCUT2D eigenvalue weighted by molar-refractivity contribution is 6.46. The second-order valence-electron chi connectivity index (χ2n) is 7.15. The van der Waals surface area contributed by atoms with E-state index in [4.69, 9.17) is 9.15 Å². The van der Waals surface area contributed by atoms with Crippen LogP contribution in [0.25, 0.3) is 5.76 Å². The number of aliphatic hydroxyl groups is 1. The minimum Gasteiger partial charge on any atom is -0.507 e. The molecule has 4 rings (SSSR count). The smallest absolute Gasteiger partial charge is 0.296 e. The van der Waals surface area contributed by atoms with Crippen LogP contribution in [0.5, 0.6) is 5.75 Å². The third kappa shape index (κ3) is 3.48. The molecule has 0 bridgehead atoms. The summed E-state index contributed by atoms with van der Waals surface area (Å²) >= 11 is 0. The number of rotatable bonds is 5. The molecule has 1 aliphatic rings. The lowest BCUT2D eigenvalue weighted by atomic mass is 9.94. The summed E-state index contributed by atoms with van der Waals surface area (Å²) in [5.41, 5.74) is 2.28. The van der Waals surface area contributed by atoms with Gasteiger partial charge >= 0.3 is 0 Å². The largest absolute Gasteiger partial charge is 0.507 e. The molecule has 0 saturated carbocycles. The lowest BCUT2D eigenvalue weighted by Crippen LogP contribution is -2.29. The van der Waals surface area contributed by atoms with Crippen LogP contribution in [0.2, 0.25) is 0 Å². The maximum absolute atomic E-state index is 13.0. The molecule has 1 aliphatic heterocycles. The summed E-state index contributed by atoms with van der Waals surface area (Å²) in [6.45, 7) is 2.08. The van der Waals surface area contributed by atoms with E-state index < -0.39 is 17.7 Å². The van der Waals surface area contributed by atoms with Gasteiger partial charge in [0.1, 0.15) is 17.3 Å². The highest BCUT2D eigenvalue weighted by atomic mass is 16.5. The van der Waals surface area contributed by atoms with Crippen molar-refractivity contribution in [2.45, 2.75) is 19.5 Å². The number of ether oxygens (including phenoxy) is 1. The van der Waals surface area contributed by atoms with Gasteiger partial charge in [0.05, 0.1) is 31.5 Å². The standard InChI is InChI=1S/C24H21NO5/c1-15-5-7-16(8-6-15)21-20(22(26)17-9-11-18(29-2)12-10-17)23(27)24(28)25(21)14-19-4-3-13-30-19/h3-13,21,26H,14H2,1-2H3/b22-20-. The van der Waals surface area contributed by atoms with Crippen LogP contribution in [0.15, 0.2) is 76.9 Å². The van der Waals surface area contributed by atoms with Crippen molar-refractivity contribution in [1.29, 1.82) is 0 Å². The number of benzene rings is 2. The Morgan fingerprint density at radius 3 is 2.37 bits per heavy atom. The summed E-state index contributed by atoms with van der Waals surface area (Å²) in [5.74, 6) is -0.436. The Morgan fingerprint density at radius 2 is 1.77 bits per heavy atom. The first kappa shape index (κ1) is 19.5. The van der Waals surface area contributed by atoms with Crippen molar-refractivity contribution < 1.29 is 23.8 Å². The molecule has 1 atom stereocenters. The van der Waals surface area contributed by atoms with Crippen LogP contribution in [0, 0.1) is 6.92 Å². The molecule has 6 nitrogen and oxygen atoms in total. The van der Waals surface area contributed by atoms with E-state index in [0.29, 0.717) is 17.1 Å². The normalized spacial score (nSPS) is 18.1. The van der Waals surface area contributed by atoms with Gasteiger partial charge in [-0.1, -0.05) is 29.8 Å². The van der Waals surface area contributed by atoms with E-state index in [1.807, 2.05) is 31.2 Å². The van der Waals surface area contributed by atoms with Crippen LogP contribution in [0.3, 0.4) is 0 Å². The van der Waals surface area contributed by atoms with E-state index in [2.05, 4.69) is 0 Å². The molecule has 6 heteroatoms. The number of methoxy groups -OCH3 is 1. The fourth-order valence-electron chi connectivity index (χ4n) is 3.61. The molecular formula is C24H21NO5. The van der Waals surface area contributed by atoms with Crippen LogP contribution in [-0.4, -0.2) is 28.8 Å². The maximum atomic E-state index is 13.0. The molecule has 3 aromatic rings. The average Bonchev–Trinajstić information content (AvgIpc) is 3.36. The Morgan fingerprint density at radius 1 is 1.07 bits per heavy atom. The first-order valence-corrected chi connectivity index (χ1v) is 9.51. The van der Waals surface area contributed by atoms with Crippen LogP contribution < -0.4 is 4.74 Å². The Balaban J connectivity index is 1.84. The van der Waals surface area contributed by atoms with E-state index in [1.54, 1.807) is 43.5 Å². The number of carbonyl (C=O) groups excluding carboxylic acids is 2. The molecule has 2 aromatic carbocycles. The lowest BCUT2D eigenvalue weighted by molar-refractivity contribution is -0.140. The summed E-state index contributed by atoms with van der Waals surface area (Å²) in [6, 6.07) is 17.0. The second kappa shape index (κ2) is 7.91. The van der Waals surface area contributed by atoms with Crippen LogP contribution in [0.1, 0.15) is 28.5 Å². The molecule has 1 N–H and O–H groups in total. The van der Waals surface area contributed by atoms with Gasteiger partial charge < -0.3 is 19.2 Å². The van der Waals surface area contributed by atoms with Crippen LogP contribution >= 0.6 is 0 Å². The predicted molar refractivity (Wildman–Crippen MR) is 111 cm³/mol. The minimum absolute atomic E-state index is 0.0561. The zero-order valence-corrected chi connectivity index (χ0v) is 16.7. The quantitative estimate of drug-likeness (QED) is 0.392. The highest BCUT2D eigenvalue weighted by Gasteiger charge is 2.46. The van der Waals surface area contributed by atoms with Crippen molar-refractivity contribution in [3.63, 3.8) is 0 Å². The van der Waals surface area contributed by atoms with Gasteiger partial charge in [0.25, 0.3) is 11.7 Å². The number of hydrogen-bond donors (Lipinski definition) is 1. The first-order valence-electron chi connectivity index (χ1n) is 9.51. The van der Waals surface area contributed by atoms with Crippen molar-refractivity contribution in [2.75, 3.05) is 7.11 Å². The van der Waals surface area contributed by atoms with E-state index in [0.717, 1.165) is 11.1 Å². The lowest BCUT2D eigenvalue weighted by Gasteiger charge is -2.24. The molecule has 1 saturated heterocycles. The maximum Gasteiger partial charge on any atom is 0.296 e. The fraction of sp³-hybridized carbons (Fsp3) is 0.167. The van der Waals surface area contributed by atoms with E-state index in [1.165, 1.54) is 11.2 Å². The van der Waals surface area contributed by atoms with Gasteiger partial charge in [-0.15, -0.1) is 0 Å². The number of furan rings is 1. The molecule has 0 spiro atoms. The Labute approximate surface area is 174 Å². The molecule has 1 amide bonds. The van der Waals surface area contributed by atoms with E-state index >= 15 is 0 Å². The number of likely N-dealkylation sites (tertiary alicyclic amines) is 1. The van der Waals surface area contributed by atoms with Crippen molar-refractivity contribution in [3.8, 4) is 5.75 Å². The topological polar surface area (TPSA) is 80.0 Å². The Hall–Kier alpha value is -3.80. The molecule has 1 unspecified atom stereocenters. The SMILES string of the molecule is COc1ccc(/C(O)=C2/C(=O)C(=O)N(Cc3ccco3)C2c2ccc(C)cc2)cc1. The molecule has 2 heterocycles. The Kier molecular flexibility index (Phi) is 5.14. The molecule has 1 fully saturated rings. The van der Waals surface area contributed by atoms with Crippen LogP contribution in [0.4, 0.5) is 0 Å². The third-order valence-electron chi connectivity index (χ3n) is 5.20. The Bertz CT molecular complexity index is 1100. The molecule has 0 aliphatic carbocycles. The van der Waals surface area contributed by atoms with Gasteiger partial charge in [0.2, 0.25) is 0 Å². The number of Topliss-reactive ketones (excluding diaryl/α,β-unsaturated/α-hetero) is 1. The number of carbonyl (C=O) groups is 2. The van der Waals surface area contributed by atoms with Gasteiger partial charge in [-0.3, -0.25) is 9.59 Å². The monoisotopic (exact) mass is 403 g/mol. The second-order valence-corrected chi connectivity index (χ2v) is 7.15. The van der Waals surface area contributed by atoms with Gasteiger partial charge in [-0.05, 0) is 48.9 Å². The zero-order chi connectivity index (χ0) is 21.3. The summed E-state index contributed by atoms with van der Waals surface area (Å²) in [6.07, 6.45) is 1.52. The van der Waals surface area contributed by atoms with Gasteiger partial charge in [0, 0.05) is 5.56 Å². The van der Waals surface area contributed by atoms with Gasteiger partial charge in [0.15, 0.2) is 0 Å². The van der Waals surface area contributed by atoms with Crippen molar-refractivity contribution in [1.82, 2.24) is 4.90 Å². The predicted octanol–water partition coefficient (Wildman–Crippen LogP) is 4.22. The number of aliphatic hydroxyl groups excluding tert-OH is 1. The highest BCUT2D eigenvalue weighted by Crippen LogP contribution is 2.40. The number of aryl methyl sites for hydroxylation is 1. The summed E-state index contributed by atoms with van der Waals surface area (Å²) in [5, 5.41) is 11.0. The van der Waals surface area contributed by atoms with Crippen molar-refractivity contribution in [2.24, 2.45) is 0 Å². The molecular weight excluding hydrogens is 382 g/mol. The number of hydrogen-bond acceptors (Lipinski definition) is 5. The summed E-state index contributed by atoms with van der Waals surface area (Å²) in [4.78, 5) is 27.3. The number of ketones is 1. The first-order chi connectivity index (χ1) is 14.5. The van der Waals surface area contributed by atoms with Crippen LogP contribution in [-0.2, 0) is 16.1 Å². The molecule has 30 heavy (non-hydrogen) atoms. The summed E-state index contributed by atoms with van der Waals surface area (Å²) in [7, 11) is 1.55. The van der Waals surface area contributed by atoms with E-state index in [-0.39, 0.29) is 17.9 Å². The van der Waals surface area contributed by atoms with Gasteiger partial charge in [-0.25, -0.2) is 0 Å².